The molecule has 1 amide bonds. The smallest absolute Gasteiger partial charge is 0.255 e. The predicted molar refractivity (Wildman–Crippen MR) is 90.2 cm³/mol. The SMILES string of the molecule is COc1ccc(C(=O)Nc2cnc3c(c2)CN(C)CC3)cc1Cl. The molecule has 23 heavy (non-hydrogen) atoms. The highest BCUT2D eigenvalue weighted by atomic mass is 35.5. The van der Waals surface area contributed by atoms with Gasteiger partial charge in [0.25, 0.3) is 5.91 Å². The standard InChI is InChI=1S/C17H18ClN3O2/c1-21-6-5-15-12(10-21)7-13(9-19-15)20-17(22)11-3-4-16(23-2)14(18)8-11/h3-4,7-9H,5-6,10H2,1-2H3,(H,20,22). The largest absolute Gasteiger partial charge is 0.495 e. The maximum Gasteiger partial charge on any atom is 0.255 e. The van der Waals surface area contributed by atoms with Crippen molar-refractivity contribution in [3.63, 3.8) is 0 Å². The van der Waals surface area contributed by atoms with Gasteiger partial charge in [0.05, 0.1) is 24.0 Å². The number of ether oxygens (including phenoxy) is 1. The first-order chi connectivity index (χ1) is 11.1. The number of halogens is 1. The molecule has 0 unspecified atom stereocenters. The monoisotopic (exact) mass is 331 g/mol. The lowest BCUT2D eigenvalue weighted by Crippen LogP contribution is -2.27. The Labute approximate surface area is 140 Å². The Bertz CT molecular complexity index is 749. The van der Waals surface area contributed by atoms with Gasteiger partial charge in [-0.05, 0) is 36.9 Å². The third-order valence-electron chi connectivity index (χ3n) is 3.90. The molecule has 0 bridgehead atoms. The first-order valence-corrected chi connectivity index (χ1v) is 7.76. The van der Waals surface area contributed by atoms with E-state index in [1.54, 1.807) is 24.4 Å². The Kier molecular flexibility index (Phi) is 4.50. The molecule has 120 valence electrons. The van der Waals surface area contributed by atoms with Crippen molar-refractivity contribution in [3.8, 4) is 5.75 Å². The van der Waals surface area contributed by atoms with E-state index in [4.69, 9.17) is 16.3 Å². The molecule has 1 aliphatic rings. The summed E-state index contributed by atoms with van der Waals surface area (Å²) in [6.07, 6.45) is 2.64. The Morgan fingerprint density at radius 3 is 2.96 bits per heavy atom. The average molecular weight is 332 g/mol. The summed E-state index contributed by atoms with van der Waals surface area (Å²) in [5, 5.41) is 3.28. The summed E-state index contributed by atoms with van der Waals surface area (Å²) in [5.41, 5.74) is 3.43. The summed E-state index contributed by atoms with van der Waals surface area (Å²) < 4.78 is 5.09. The molecular weight excluding hydrogens is 314 g/mol. The number of likely N-dealkylation sites (N-methyl/N-ethyl adjacent to an activating group) is 1. The number of amides is 1. The van der Waals surface area contributed by atoms with Gasteiger partial charge in [0.15, 0.2) is 0 Å². The van der Waals surface area contributed by atoms with Gasteiger partial charge >= 0.3 is 0 Å². The van der Waals surface area contributed by atoms with Gasteiger partial charge in [0.1, 0.15) is 5.75 Å². The number of hydrogen-bond acceptors (Lipinski definition) is 4. The van der Waals surface area contributed by atoms with E-state index in [-0.39, 0.29) is 5.91 Å². The van der Waals surface area contributed by atoms with Crippen LogP contribution in [0.4, 0.5) is 5.69 Å². The molecule has 1 aliphatic heterocycles. The average Bonchev–Trinajstić information content (AvgIpc) is 2.54. The lowest BCUT2D eigenvalue weighted by atomic mass is 10.1. The number of pyridine rings is 1. The van der Waals surface area contributed by atoms with Crippen LogP contribution in [0.1, 0.15) is 21.6 Å². The van der Waals surface area contributed by atoms with E-state index in [1.807, 2.05) is 6.07 Å². The minimum Gasteiger partial charge on any atom is -0.495 e. The van der Waals surface area contributed by atoms with Gasteiger partial charge in [0.2, 0.25) is 0 Å². The zero-order valence-corrected chi connectivity index (χ0v) is 13.9. The number of benzene rings is 1. The maximum absolute atomic E-state index is 12.3. The van der Waals surface area contributed by atoms with Crippen molar-refractivity contribution in [2.24, 2.45) is 0 Å². The Balaban J connectivity index is 1.78. The van der Waals surface area contributed by atoms with Crippen LogP contribution >= 0.6 is 11.6 Å². The van der Waals surface area contributed by atoms with Gasteiger partial charge in [-0.1, -0.05) is 11.6 Å². The van der Waals surface area contributed by atoms with Gasteiger partial charge < -0.3 is 15.0 Å². The van der Waals surface area contributed by atoms with Crippen LogP contribution in [0, 0.1) is 0 Å². The van der Waals surface area contributed by atoms with Crippen molar-refractivity contribution in [2.45, 2.75) is 13.0 Å². The van der Waals surface area contributed by atoms with Crippen molar-refractivity contribution < 1.29 is 9.53 Å². The molecule has 0 aliphatic carbocycles. The number of nitrogens with zero attached hydrogens (tertiary/aromatic N) is 2. The molecule has 0 radical (unpaired) electrons. The number of fused-ring (bicyclic) bond motifs is 1. The van der Waals surface area contributed by atoms with Crippen molar-refractivity contribution in [3.05, 3.63) is 52.3 Å². The molecule has 2 aromatic rings. The molecule has 0 spiro atoms. The molecule has 1 N–H and O–H groups in total. The van der Waals surface area contributed by atoms with Gasteiger partial charge in [0, 0.05) is 30.8 Å². The van der Waals surface area contributed by atoms with E-state index < -0.39 is 0 Å². The zero-order valence-electron chi connectivity index (χ0n) is 13.1. The summed E-state index contributed by atoms with van der Waals surface area (Å²) in [5.74, 6) is 0.321. The number of carbonyl (C=O) groups excluding carboxylic acids is 1. The summed E-state index contributed by atoms with van der Waals surface area (Å²) >= 11 is 6.06. The molecule has 0 saturated heterocycles. The topological polar surface area (TPSA) is 54.5 Å². The van der Waals surface area contributed by atoms with Crippen LogP contribution in [0.2, 0.25) is 5.02 Å². The van der Waals surface area contributed by atoms with Gasteiger partial charge in [-0.3, -0.25) is 9.78 Å². The number of aromatic nitrogens is 1. The molecule has 1 aromatic heterocycles. The normalized spacial score (nSPS) is 14.2. The summed E-state index contributed by atoms with van der Waals surface area (Å²) in [4.78, 5) is 19.0. The lowest BCUT2D eigenvalue weighted by molar-refractivity contribution is 0.102. The zero-order chi connectivity index (χ0) is 16.4. The molecule has 5 nitrogen and oxygen atoms in total. The highest BCUT2D eigenvalue weighted by molar-refractivity contribution is 6.32. The van der Waals surface area contributed by atoms with Crippen LogP contribution in [0.15, 0.2) is 30.5 Å². The quantitative estimate of drug-likeness (QED) is 0.939. The van der Waals surface area contributed by atoms with E-state index in [2.05, 4.69) is 22.2 Å². The fourth-order valence-electron chi connectivity index (χ4n) is 2.65. The second-order valence-electron chi connectivity index (χ2n) is 5.62. The molecule has 0 fully saturated rings. The van der Waals surface area contributed by atoms with Crippen LogP contribution in [0.5, 0.6) is 5.75 Å². The van der Waals surface area contributed by atoms with E-state index >= 15 is 0 Å². The van der Waals surface area contributed by atoms with Crippen molar-refractivity contribution in [2.75, 3.05) is 26.0 Å². The van der Waals surface area contributed by atoms with E-state index in [1.165, 1.54) is 7.11 Å². The van der Waals surface area contributed by atoms with Gasteiger partial charge in [-0.25, -0.2) is 0 Å². The highest BCUT2D eigenvalue weighted by Gasteiger charge is 2.16. The first-order valence-electron chi connectivity index (χ1n) is 7.38. The maximum atomic E-state index is 12.3. The van der Waals surface area contributed by atoms with Crippen LogP contribution in [-0.4, -0.2) is 36.5 Å². The first kappa shape index (κ1) is 15.8. The number of methoxy groups -OCH3 is 1. The molecule has 3 rings (SSSR count). The van der Waals surface area contributed by atoms with E-state index in [0.29, 0.717) is 22.0 Å². The Morgan fingerprint density at radius 1 is 1.39 bits per heavy atom. The van der Waals surface area contributed by atoms with Crippen molar-refractivity contribution in [1.29, 1.82) is 0 Å². The summed E-state index contributed by atoms with van der Waals surface area (Å²) in [6, 6.07) is 6.94. The van der Waals surface area contributed by atoms with Crippen molar-refractivity contribution >= 4 is 23.2 Å². The second-order valence-corrected chi connectivity index (χ2v) is 6.03. The second kappa shape index (κ2) is 6.56. The number of rotatable bonds is 3. The molecule has 0 atom stereocenters. The molecule has 1 aromatic carbocycles. The molecule has 0 saturated carbocycles. The number of carbonyl (C=O) groups is 1. The van der Waals surface area contributed by atoms with Gasteiger partial charge in [-0.2, -0.15) is 0 Å². The van der Waals surface area contributed by atoms with E-state index in [9.17, 15) is 4.79 Å². The van der Waals surface area contributed by atoms with Crippen LogP contribution in [0.3, 0.4) is 0 Å². The molecule has 2 heterocycles. The Morgan fingerprint density at radius 2 is 2.22 bits per heavy atom. The predicted octanol–water partition coefficient (Wildman–Crippen LogP) is 2.98. The third kappa shape index (κ3) is 3.46. The highest BCUT2D eigenvalue weighted by Crippen LogP contribution is 2.25. The Hall–Kier alpha value is -2.11. The number of anilines is 1. The fourth-order valence-corrected chi connectivity index (χ4v) is 2.90. The number of hydrogen-bond donors (Lipinski definition) is 1. The van der Waals surface area contributed by atoms with Crippen LogP contribution in [-0.2, 0) is 13.0 Å². The third-order valence-corrected chi connectivity index (χ3v) is 4.20. The van der Waals surface area contributed by atoms with E-state index in [0.717, 1.165) is 30.8 Å². The fraction of sp³-hybridized carbons (Fsp3) is 0.294. The van der Waals surface area contributed by atoms with Crippen molar-refractivity contribution in [1.82, 2.24) is 9.88 Å². The lowest BCUT2D eigenvalue weighted by Gasteiger charge is -2.24. The summed E-state index contributed by atoms with van der Waals surface area (Å²) in [7, 11) is 3.62. The van der Waals surface area contributed by atoms with Crippen LogP contribution in [0.25, 0.3) is 0 Å². The summed E-state index contributed by atoms with van der Waals surface area (Å²) in [6.45, 7) is 1.86. The molecule has 6 heteroatoms. The molecular formula is C17H18ClN3O2. The van der Waals surface area contributed by atoms with Gasteiger partial charge in [-0.15, -0.1) is 0 Å². The van der Waals surface area contributed by atoms with Crippen LogP contribution < -0.4 is 10.1 Å². The minimum absolute atomic E-state index is 0.222. The number of nitrogens with one attached hydrogen (secondary N) is 1. The minimum atomic E-state index is -0.222.